The highest BCUT2D eigenvalue weighted by Crippen LogP contribution is 2.39. The summed E-state index contributed by atoms with van der Waals surface area (Å²) in [5.74, 6) is -1.17. The lowest BCUT2D eigenvalue weighted by Gasteiger charge is -2.27. The molecular weight excluding hydrogens is 285 g/mol. The van der Waals surface area contributed by atoms with Crippen LogP contribution in [0, 0.1) is 0 Å². The van der Waals surface area contributed by atoms with E-state index in [0.717, 1.165) is 12.0 Å². The molecule has 3 rings (SSSR count). The fraction of sp³-hybridized carbons (Fsp3) is 0.429. The normalized spacial score (nSPS) is 20.5. The minimum absolute atomic E-state index is 0.0473. The minimum Gasteiger partial charge on any atom is -0.383 e. The number of fused-ring (bicyclic) bond motifs is 1. The Bertz CT molecular complexity index is 654. The smallest absolute Gasteiger partial charge is 0.383 e. The molecule has 3 unspecified atom stereocenters. The molecule has 0 radical (unpaired) electrons. The lowest BCUT2D eigenvalue weighted by molar-refractivity contribution is -0.210. The Labute approximate surface area is 118 Å². The third kappa shape index (κ3) is 2.42. The monoisotopic (exact) mass is 298 g/mol. The first-order valence-electron chi connectivity index (χ1n) is 6.54. The molecule has 0 spiro atoms. The van der Waals surface area contributed by atoms with Crippen molar-refractivity contribution >= 4 is 0 Å². The van der Waals surface area contributed by atoms with Gasteiger partial charge in [-0.1, -0.05) is 36.3 Å². The van der Waals surface area contributed by atoms with Gasteiger partial charge in [-0.3, -0.25) is 0 Å². The maximum Gasteiger partial charge on any atom is 0.415 e. The van der Waals surface area contributed by atoms with Crippen LogP contribution in [-0.2, 0) is 6.42 Å². The molecule has 1 aliphatic rings. The molecule has 2 aromatic rings. The van der Waals surface area contributed by atoms with Crippen LogP contribution in [0.2, 0.25) is 0 Å². The maximum atomic E-state index is 12.5. The number of halogens is 3. The number of rotatable bonds is 3. The molecule has 1 N–H and O–H groups in total. The van der Waals surface area contributed by atoms with Crippen molar-refractivity contribution in [3.63, 3.8) is 0 Å². The van der Waals surface area contributed by atoms with E-state index in [-0.39, 0.29) is 11.8 Å². The van der Waals surface area contributed by atoms with Crippen molar-refractivity contribution in [3.8, 4) is 0 Å². The molecular formula is C14H13F3N2O2. The van der Waals surface area contributed by atoms with Gasteiger partial charge in [0.25, 0.3) is 0 Å². The molecule has 0 saturated heterocycles. The first kappa shape index (κ1) is 14.1. The predicted molar refractivity (Wildman–Crippen MR) is 66.8 cm³/mol. The molecule has 1 heterocycles. The largest absolute Gasteiger partial charge is 0.415 e. The van der Waals surface area contributed by atoms with Crippen LogP contribution >= 0.6 is 0 Å². The summed E-state index contributed by atoms with van der Waals surface area (Å²) in [6.45, 7) is 1.21. The van der Waals surface area contributed by atoms with Crippen molar-refractivity contribution in [2.24, 2.45) is 0 Å². The van der Waals surface area contributed by atoms with Gasteiger partial charge in [-0.05, 0) is 17.5 Å². The molecule has 1 aliphatic carbocycles. The molecule has 0 fully saturated rings. The summed E-state index contributed by atoms with van der Waals surface area (Å²) >= 11 is 0. The molecule has 0 bridgehead atoms. The Kier molecular flexibility index (Phi) is 3.24. The van der Waals surface area contributed by atoms with Gasteiger partial charge < -0.3 is 9.63 Å². The fourth-order valence-electron chi connectivity index (χ4n) is 2.48. The molecule has 0 saturated carbocycles. The van der Waals surface area contributed by atoms with Crippen LogP contribution < -0.4 is 0 Å². The lowest BCUT2D eigenvalue weighted by atomic mass is 9.77. The molecule has 0 aliphatic heterocycles. The van der Waals surface area contributed by atoms with Crippen molar-refractivity contribution in [3.05, 3.63) is 47.1 Å². The topological polar surface area (TPSA) is 59.2 Å². The second-order valence-electron chi connectivity index (χ2n) is 5.22. The summed E-state index contributed by atoms with van der Waals surface area (Å²) in [4.78, 5) is 4.03. The van der Waals surface area contributed by atoms with E-state index in [1.165, 1.54) is 12.5 Å². The van der Waals surface area contributed by atoms with Crippen molar-refractivity contribution < 1.29 is 22.8 Å². The molecule has 7 heteroatoms. The third-order valence-electron chi connectivity index (χ3n) is 3.82. The molecule has 112 valence electrons. The highest BCUT2D eigenvalue weighted by atomic mass is 19.4. The summed E-state index contributed by atoms with van der Waals surface area (Å²) in [5.41, 5.74) is 2.24. The highest BCUT2D eigenvalue weighted by molar-refractivity contribution is 5.43. The summed E-state index contributed by atoms with van der Waals surface area (Å²) in [6, 6.07) is 7.75. The second-order valence-corrected chi connectivity index (χ2v) is 5.22. The Morgan fingerprint density at radius 1 is 1.33 bits per heavy atom. The lowest BCUT2D eigenvalue weighted by Crippen LogP contribution is -2.33. The standard InChI is InChI=1S/C14H13F3N2O2/c1-7(11(20)14(15,16)17)13-18-12(19-21-13)10-6-8-4-2-3-5-9(8)10/h2-5,7,10-11,20H,6H2,1H3. The zero-order valence-electron chi connectivity index (χ0n) is 11.1. The zero-order chi connectivity index (χ0) is 15.2. The van der Waals surface area contributed by atoms with Crippen molar-refractivity contribution in [2.75, 3.05) is 0 Å². The first-order valence-corrected chi connectivity index (χ1v) is 6.54. The van der Waals surface area contributed by atoms with E-state index in [1.54, 1.807) is 0 Å². The average Bonchev–Trinajstić information content (AvgIpc) is 2.86. The molecule has 21 heavy (non-hydrogen) atoms. The molecule has 0 amide bonds. The van der Waals surface area contributed by atoms with Gasteiger partial charge in [0.2, 0.25) is 5.89 Å². The van der Waals surface area contributed by atoms with Crippen LogP contribution in [0.3, 0.4) is 0 Å². The number of alkyl halides is 3. The van der Waals surface area contributed by atoms with Crippen molar-refractivity contribution in [1.29, 1.82) is 0 Å². The average molecular weight is 298 g/mol. The Morgan fingerprint density at radius 2 is 2.05 bits per heavy atom. The maximum absolute atomic E-state index is 12.5. The minimum atomic E-state index is -4.71. The Morgan fingerprint density at radius 3 is 2.71 bits per heavy atom. The van der Waals surface area contributed by atoms with Gasteiger partial charge in [0.05, 0.1) is 11.8 Å². The summed E-state index contributed by atoms with van der Waals surface area (Å²) in [5, 5.41) is 13.0. The highest BCUT2D eigenvalue weighted by Gasteiger charge is 2.44. The fourth-order valence-corrected chi connectivity index (χ4v) is 2.48. The van der Waals surface area contributed by atoms with E-state index in [9.17, 15) is 18.3 Å². The van der Waals surface area contributed by atoms with Gasteiger partial charge in [0, 0.05) is 0 Å². The quantitative estimate of drug-likeness (QED) is 0.946. The van der Waals surface area contributed by atoms with Gasteiger partial charge in [-0.2, -0.15) is 18.2 Å². The first-order chi connectivity index (χ1) is 9.88. The number of aromatic nitrogens is 2. The van der Waals surface area contributed by atoms with Crippen LogP contribution in [0.15, 0.2) is 28.8 Å². The van der Waals surface area contributed by atoms with Gasteiger partial charge in [0.1, 0.15) is 0 Å². The van der Waals surface area contributed by atoms with Gasteiger partial charge in [0.15, 0.2) is 11.9 Å². The summed E-state index contributed by atoms with van der Waals surface area (Å²) < 4.78 is 42.3. The van der Waals surface area contributed by atoms with Crippen LogP contribution in [0.1, 0.15) is 41.6 Å². The number of hydrogen-bond donors (Lipinski definition) is 1. The molecule has 1 aromatic carbocycles. The van der Waals surface area contributed by atoms with Crippen LogP contribution in [0.25, 0.3) is 0 Å². The number of nitrogens with zero attached hydrogens (tertiary/aromatic N) is 2. The van der Waals surface area contributed by atoms with E-state index in [0.29, 0.717) is 5.82 Å². The zero-order valence-corrected chi connectivity index (χ0v) is 11.1. The van der Waals surface area contributed by atoms with E-state index in [4.69, 9.17) is 4.52 Å². The van der Waals surface area contributed by atoms with Gasteiger partial charge in [-0.15, -0.1) is 0 Å². The summed E-state index contributed by atoms with van der Waals surface area (Å²) in [7, 11) is 0. The molecule has 3 atom stereocenters. The van der Waals surface area contributed by atoms with Crippen molar-refractivity contribution in [2.45, 2.75) is 37.5 Å². The number of benzene rings is 1. The van der Waals surface area contributed by atoms with E-state index in [2.05, 4.69) is 10.1 Å². The second kappa shape index (κ2) is 4.84. The number of hydrogen-bond acceptors (Lipinski definition) is 4. The van der Waals surface area contributed by atoms with Gasteiger partial charge >= 0.3 is 6.18 Å². The molecule has 4 nitrogen and oxygen atoms in total. The number of aliphatic hydroxyl groups excluding tert-OH is 1. The predicted octanol–water partition coefficient (Wildman–Crippen LogP) is 2.78. The van der Waals surface area contributed by atoms with Gasteiger partial charge in [-0.25, -0.2) is 0 Å². The van der Waals surface area contributed by atoms with Crippen LogP contribution in [-0.4, -0.2) is 27.5 Å². The Balaban J connectivity index is 1.79. The van der Waals surface area contributed by atoms with Crippen LogP contribution in [0.4, 0.5) is 13.2 Å². The third-order valence-corrected chi connectivity index (χ3v) is 3.82. The van der Waals surface area contributed by atoms with E-state index in [1.807, 2.05) is 24.3 Å². The van der Waals surface area contributed by atoms with Crippen LogP contribution in [0.5, 0.6) is 0 Å². The van der Waals surface area contributed by atoms with E-state index >= 15 is 0 Å². The van der Waals surface area contributed by atoms with E-state index < -0.39 is 18.2 Å². The number of aliphatic hydroxyl groups is 1. The summed E-state index contributed by atoms with van der Waals surface area (Å²) in [6.07, 6.45) is -6.48. The van der Waals surface area contributed by atoms with Crippen molar-refractivity contribution in [1.82, 2.24) is 10.1 Å². The SMILES string of the molecule is CC(c1nc(C2Cc3ccccc32)no1)C(O)C(F)(F)F. The molecule has 1 aromatic heterocycles. The Hall–Kier alpha value is -1.89.